The molecule has 1 N–H and O–H groups in total. The third-order valence-electron chi connectivity index (χ3n) is 5.16. The van der Waals surface area contributed by atoms with E-state index in [2.05, 4.69) is 31.2 Å². The number of anilines is 2. The van der Waals surface area contributed by atoms with E-state index in [9.17, 15) is 0 Å². The van der Waals surface area contributed by atoms with Crippen LogP contribution in [0.15, 0.2) is 30.9 Å². The maximum Gasteiger partial charge on any atom is 0.228 e. The van der Waals surface area contributed by atoms with E-state index in [4.69, 9.17) is 4.98 Å². The molecular weight excluding hydrogens is 300 g/mol. The SMILES string of the molecule is c1cnc(Nc2nccc(C3CCCN3C3CCCCC3)n2)cn1. The summed E-state index contributed by atoms with van der Waals surface area (Å²) in [6.07, 6.45) is 16.1. The van der Waals surface area contributed by atoms with Gasteiger partial charge in [-0.25, -0.2) is 15.0 Å². The second-order valence-electron chi connectivity index (χ2n) is 6.71. The fourth-order valence-corrected chi connectivity index (χ4v) is 4.05. The lowest BCUT2D eigenvalue weighted by Crippen LogP contribution is -2.36. The lowest BCUT2D eigenvalue weighted by Gasteiger charge is -2.35. The first-order valence-electron chi connectivity index (χ1n) is 9.02. The van der Waals surface area contributed by atoms with Gasteiger partial charge in [0.25, 0.3) is 0 Å². The summed E-state index contributed by atoms with van der Waals surface area (Å²) >= 11 is 0. The average Bonchev–Trinajstić information content (AvgIpc) is 3.13. The van der Waals surface area contributed by atoms with Gasteiger partial charge in [0, 0.05) is 24.6 Å². The molecule has 24 heavy (non-hydrogen) atoms. The van der Waals surface area contributed by atoms with Gasteiger partial charge < -0.3 is 5.32 Å². The first kappa shape index (κ1) is 15.4. The predicted molar refractivity (Wildman–Crippen MR) is 92.9 cm³/mol. The number of nitrogens with one attached hydrogen (secondary N) is 1. The van der Waals surface area contributed by atoms with Crippen molar-refractivity contribution in [3.05, 3.63) is 36.5 Å². The molecule has 0 bridgehead atoms. The minimum absolute atomic E-state index is 0.429. The van der Waals surface area contributed by atoms with Crippen LogP contribution < -0.4 is 5.32 Å². The van der Waals surface area contributed by atoms with Crippen molar-refractivity contribution in [2.24, 2.45) is 0 Å². The summed E-state index contributed by atoms with van der Waals surface area (Å²) in [5.41, 5.74) is 1.12. The molecule has 1 atom stereocenters. The van der Waals surface area contributed by atoms with E-state index >= 15 is 0 Å². The molecule has 0 aromatic carbocycles. The van der Waals surface area contributed by atoms with Crippen LogP contribution in [0.3, 0.4) is 0 Å². The summed E-state index contributed by atoms with van der Waals surface area (Å²) in [6, 6.07) is 3.23. The van der Waals surface area contributed by atoms with Gasteiger partial charge in [-0.2, -0.15) is 0 Å². The van der Waals surface area contributed by atoms with Crippen LogP contribution in [-0.4, -0.2) is 37.4 Å². The number of hydrogen-bond donors (Lipinski definition) is 1. The molecule has 1 aliphatic carbocycles. The number of rotatable bonds is 4. The van der Waals surface area contributed by atoms with Crippen LogP contribution in [0.4, 0.5) is 11.8 Å². The van der Waals surface area contributed by atoms with Gasteiger partial charge in [-0.3, -0.25) is 9.88 Å². The molecule has 6 nitrogen and oxygen atoms in total. The molecule has 2 fully saturated rings. The molecule has 1 aliphatic heterocycles. The summed E-state index contributed by atoms with van der Waals surface area (Å²) < 4.78 is 0. The number of likely N-dealkylation sites (tertiary alicyclic amines) is 1. The summed E-state index contributed by atoms with van der Waals surface area (Å²) in [6.45, 7) is 1.20. The lowest BCUT2D eigenvalue weighted by molar-refractivity contribution is 0.140. The maximum absolute atomic E-state index is 4.76. The summed E-state index contributed by atoms with van der Waals surface area (Å²) in [5, 5.41) is 3.15. The molecule has 1 saturated heterocycles. The summed E-state index contributed by atoms with van der Waals surface area (Å²) in [7, 11) is 0. The van der Waals surface area contributed by atoms with Crippen LogP contribution in [0.5, 0.6) is 0 Å². The highest BCUT2D eigenvalue weighted by Gasteiger charge is 2.33. The monoisotopic (exact) mass is 324 g/mol. The van der Waals surface area contributed by atoms with E-state index < -0.39 is 0 Å². The Kier molecular flexibility index (Phi) is 4.64. The molecule has 0 amide bonds. The Bertz CT molecular complexity index is 656. The average molecular weight is 324 g/mol. The topological polar surface area (TPSA) is 66.8 Å². The Morgan fingerprint density at radius 3 is 2.71 bits per heavy atom. The van der Waals surface area contributed by atoms with E-state index in [-0.39, 0.29) is 0 Å². The van der Waals surface area contributed by atoms with Gasteiger partial charge in [0.15, 0.2) is 5.82 Å². The van der Waals surface area contributed by atoms with Gasteiger partial charge in [0.1, 0.15) is 0 Å². The van der Waals surface area contributed by atoms with Gasteiger partial charge in [0.05, 0.1) is 17.9 Å². The zero-order valence-corrected chi connectivity index (χ0v) is 13.9. The smallest absolute Gasteiger partial charge is 0.228 e. The van der Waals surface area contributed by atoms with Crippen LogP contribution in [-0.2, 0) is 0 Å². The van der Waals surface area contributed by atoms with Crippen molar-refractivity contribution in [1.29, 1.82) is 0 Å². The fourth-order valence-electron chi connectivity index (χ4n) is 4.05. The zero-order valence-electron chi connectivity index (χ0n) is 13.9. The van der Waals surface area contributed by atoms with E-state index in [0.29, 0.717) is 17.8 Å². The molecule has 126 valence electrons. The highest BCUT2D eigenvalue weighted by molar-refractivity contribution is 5.45. The van der Waals surface area contributed by atoms with Crippen LogP contribution in [0.2, 0.25) is 0 Å². The molecule has 0 spiro atoms. The first-order valence-corrected chi connectivity index (χ1v) is 9.02. The Morgan fingerprint density at radius 1 is 0.958 bits per heavy atom. The largest absolute Gasteiger partial charge is 0.307 e. The third-order valence-corrected chi connectivity index (χ3v) is 5.16. The van der Waals surface area contributed by atoms with E-state index in [0.717, 1.165) is 11.7 Å². The zero-order chi connectivity index (χ0) is 16.2. The van der Waals surface area contributed by atoms with Crippen molar-refractivity contribution in [2.45, 2.75) is 57.0 Å². The minimum atomic E-state index is 0.429. The normalized spacial score (nSPS) is 22.6. The molecule has 1 saturated carbocycles. The Hall–Kier alpha value is -2.08. The second-order valence-corrected chi connectivity index (χ2v) is 6.71. The number of nitrogens with zero attached hydrogens (tertiary/aromatic N) is 5. The van der Waals surface area contributed by atoms with Gasteiger partial charge in [-0.1, -0.05) is 19.3 Å². The Labute approximate surface area is 142 Å². The second kappa shape index (κ2) is 7.21. The van der Waals surface area contributed by atoms with E-state index in [1.165, 1.54) is 51.5 Å². The van der Waals surface area contributed by atoms with Crippen molar-refractivity contribution in [3.8, 4) is 0 Å². The molecule has 2 aliphatic rings. The van der Waals surface area contributed by atoms with Crippen molar-refractivity contribution in [2.75, 3.05) is 11.9 Å². The minimum Gasteiger partial charge on any atom is -0.307 e. The molecule has 4 rings (SSSR count). The Balaban J connectivity index is 1.51. The molecule has 2 aromatic heterocycles. The first-order chi connectivity index (χ1) is 11.9. The molecule has 3 heterocycles. The molecule has 6 heteroatoms. The predicted octanol–water partition coefficient (Wildman–Crippen LogP) is 3.48. The fraction of sp³-hybridized carbons (Fsp3) is 0.556. The van der Waals surface area contributed by atoms with Crippen LogP contribution in [0.25, 0.3) is 0 Å². The Morgan fingerprint density at radius 2 is 1.88 bits per heavy atom. The van der Waals surface area contributed by atoms with Gasteiger partial charge in [-0.05, 0) is 38.3 Å². The molecular formula is C18H24N6. The summed E-state index contributed by atoms with van der Waals surface area (Å²) in [5.74, 6) is 1.27. The van der Waals surface area contributed by atoms with Crippen LogP contribution in [0.1, 0.15) is 56.7 Å². The molecule has 1 unspecified atom stereocenters. The number of aromatic nitrogens is 4. The summed E-state index contributed by atoms with van der Waals surface area (Å²) in [4.78, 5) is 20.1. The molecule has 0 radical (unpaired) electrons. The van der Waals surface area contributed by atoms with Gasteiger partial charge in [0.2, 0.25) is 5.95 Å². The van der Waals surface area contributed by atoms with E-state index in [1.807, 2.05) is 6.20 Å². The van der Waals surface area contributed by atoms with Gasteiger partial charge >= 0.3 is 0 Å². The van der Waals surface area contributed by atoms with Crippen molar-refractivity contribution >= 4 is 11.8 Å². The third kappa shape index (κ3) is 3.38. The van der Waals surface area contributed by atoms with E-state index in [1.54, 1.807) is 18.6 Å². The van der Waals surface area contributed by atoms with Crippen LogP contribution >= 0.6 is 0 Å². The molecule has 2 aromatic rings. The lowest BCUT2D eigenvalue weighted by atomic mass is 9.93. The quantitative estimate of drug-likeness (QED) is 0.929. The van der Waals surface area contributed by atoms with Crippen molar-refractivity contribution < 1.29 is 0 Å². The number of hydrogen-bond acceptors (Lipinski definition) is 6. The van der Waals surface area contributed by atoms with Crippen molar-refractivity contribution in [1.82, 2.24) is 24.8 Å². The standard InChI is InChI=1S/C18H24N6/c1-2-5-14(6-3-1)24-12-4-7-16(24)15-8-9-21-18(22-15)23-17-13-19-10-11-20-17/h8-11,13-14,16H,1-7,12H2,(H,20,21,22,23). The van der Waals surface area contributed by atoms with Crippen LogP contribution in [0, 0.1) is 0 Å². The maximum atomic E-state index is 4.76. The van der Waals surface area contributed by atoms with Crippen molar-refractivity contribution in [3.63, 3.8) is 0 Å². The highest BCUT2D eigenvalue weighted by Crippen LogP contribution is 2.37. The van der Waals surface area contributed by atoms with Gasteiger partial charge in [-0.15, -0.1) is 0 Å². The highest BCUT2D eigenvalue weighted by atomic mass is 15.2.